The number of unbranched alkanes of at least 4 members (excludes halogenated alkanes) is 1. The Morgan fingerprint density at radius 1 is 1.50 bits per heavy atom. The van der Waals surface area contributed by atoms with Crippen molar-refractivity contribution in [3.8, 4) is 0 Å². The standard InChI is InChI=1S/C12H22N2O4/c1-2-3-4-9(12(16)17)14-11(15)10-6-5-8(7-13)18-10/h8-10H,2-7,13H2,1H3,(H,14,15)(H,16,17)/t8?,9-,10?/m0/s1. The van der Waals surface area contributed by atoms with Crippen LogP contribution >= 0.6 is 0 Å². The molecule has 1 aliphatic heterocycles. The van der Waals surface area contributed by atoms with Gasteiger partial charge >= 0.3 is 5.97 Å². The van der Waals surface area contributed by atoms with E-state index in [2.05, 4.69) is 5.32 Å². The van der Waals surface area contributed by atoms with Crippen molar-refractivity contribution >= 4 is 11.9 Å². The maximum atomic E-state index is 11.8. The van der Waals surface area contributed by atoms with Crippen LogP contribution in [0.3, 0.4) is 0 Å². The Morgan fingerprint density at radius 2 is 2.22 bits per heavy atom. The Hall–Kier alpha value is -1.14. The molecule has 0 aliphatic carbocycles. The number of hydrogen-bond donors (Lipinski definition) is 3. The molecule has 0 aromatic heterocycles. The monoisotopic (exact) mass is 258 g/mol. The molecule has 6 heteroatoms. The van der Waals surface area contributed by atoms with Crippen LogP contribution in [0.5, 0.6) is 0 Å². The molecule has 18 heavy (non-hydrogen) atoms. The number of carboxylic acids is 1. The summed E-state index contributed by atoms with van der Waals surface area (Å²) in [5.74, 6) is -1.33. The van der Waals surface area contributed by atoms with Crippen LogP contribution in [0.4, 0.5) is 0 Å². The molecule has 2 unspecified atom stereocenters. The number of carbonyl (C=O) groups is 2. The molecule has 1 saturated heterocycles. The molecule has 0 aromatic carbocycles. The largest absolute Gasteiger partial charge is 0.480 e. The molecule has 1 amide bonds. The molecule has 0 bridgehead atoms. The summed E-state index contributed by atoms with van der Waals surface area (Å²) < 4.78 is 5.43. The third-order valence-electron chi connectivity index (χ3n) is 3.12. The molecular formula is C12H22N2O4. The van der Waals surface area contributed by atoms with E-state index in [9.17, 15) is 9.59 Å². The first-order chi connectivity index (χ1) is 8.58. The Labute approximate surface area is 107 Å². The van der Waals surface area contributed by atoms with Gasteiger partial charge in [0.15, 0.2) is 0 Å². The second kappa shape index (κ2) is 7.33. The lowest BCUT2D eigenvalue weighted by Crippen LogP contribution is -2.45. The van der Waals surface area contributed by atoms with Crippen LogP contribution in [0.25, 0.3) is 0 Å². The zero-order chi connectivity index (χ0) is 13.5. The van der Waals surface area contributed by atoms with Gasteiger partial charge in [0.05, 0.1) is 6.10 Å². The number of nitrogens with one attached hydrogen (secondary N) is 1. The Balaban J connectivity index is 2.43. The molecule has 104 valence electrons. The molecule has 6 nitrogen and oxygen atoms in total. The van der Waals surface area contributed by atoms with Gasteiger partial charge in [-0.25, -0.2) is 4.79 Å². The molecule has 0 saturated carbocycles. The average molecular weight is 258 g/mol. The maximum Gasteiger partial charge on any atom is 0.326 e. The van der Waals surface area contributed by atoms with Crippen LogP contribution < -0.4 is 11.1 Å². The van der Waals surface area contributed by atoms with E-state index in [4.69, 9.17) is 15.6 Å². The van der Waals surface area contributed by atoms with Gasteiger partial charge in [0, 0.05) is 6.54 Å². The third kappa shape index (κ3) is 4.27. The fourth-order valence-corrected chi connectivity index (χ4v) is 2.00. The van der Waals surface area contributed by atoms with Crippen LogP contribution in [0, 0.1) is 0 Å². The summed E-state index contributed by atoms with van der Waals surface area (Å²) in [6.07, 6.45) is 2.84. The number of aliphatic carboxylic acids is 1. The molecule has 0 radical (unpaired) electrons. The predicted octanol–water partition coefficient (Wildman–Crippen LogP) is 0.252. The van der Waals surface area contributed by atoms with Gasteiger partial charge in [-0.05, 0) is 19.3 Å². The smallest absolute Gasteiger partial charge is 0.326 e. The highest BCUT2D eigenvalue weighted by Crippen LogP contribution is 2.19. The van der Waals surface area contributed by atoms with Crippen molar-refractivity contribution < 1.29 is 19.4 Å². The van der Waals surface area contributed by atoms with E-state index >= 15 is 0 Å². The highest BCUT2D eigenvalue weighted by atomic mass is 16.5. The lowest BCUT2D eigenvalue weighted by Gasteiger charge is -2.17. The van der Waals surface area contributed by atoms with E-state index in [1.165, 1.54) is 0 Å². The lowest BCUT2D eigenvalue weighted by molar-refractivity contribution is -0.144. The van der Waals surface area contributed by atoms with E-state index < -0.39 is 18.1 Å². The van der Waals surface area contributed by atoms with E-state index in [1.54, 1.807) is 0 Å². The lowest BCUT2D eigenvalue weighted by atomic mass is 10.1. The van der Waals surface area contributed by atoms with E-state index in [0.717, 1.165) is 19.3 Å². The second-order valence-electron chi connectivity index (χ2n) is 4.60. The fourth-order valence-electron chi connectivity index (χ4n) is 2.00. The highest BCUT2D eigenvalue weighted by molar-refractivity contribution is 5.86. The first-order valence-corrected chi connectivity index (χ1v) is 6.47. The summed E-state index contributed by atoms with van der Waals surface area (Å²) in [6.45, 7) is 2.37. The van der Waals surface area contributed by atoms with Gasteiger partial charge in [0.1, 0.15) is 12.1 Å². The summed E-state index contributed by atoms with van der Waals surface area (Å²) >= 11 is 0. The molecular weight excluding hydrogens is 236 g/mol. The predicted molar refractivity (Wildman–Crippen MR) is 66.0 cm³/mol. The average Bonchev–Trinajstić information content (AvgIpc) is 2.82. The van der Waals surface area contributed by atoms with Gasteiger partial charge < -0.3 is 20.9 Å². The molecule has 1 aliphatic rings. The zero-order valence-electron chi connectivity index (χ0n) is 10.7. The molecule has 4 N–H and O–H groups in total. The molecule has 0 aromatic rings. The maximum absolute atomic E-state index is 11.8. The number of nitrogens with two attached hydrogens (primary N) is 1. The minimum atomic E-state index is -0.995. The first kappa shape index (κ1) is 14.9. The topological polar surface area (TPSA) is 102 Å². The van der Waals surface area contributed by atoms with E-state index in [-0.39, 0.29) is 12.0 Å². The van der Waals surface area contributed by atoms with Gasteiger partial charge in [-0.2, -0.15) is 0 Å². The van der Waals surface area contributed by atoms with Crippen molar-refractivity contribution in [3.63, 3.8) is 0 Å². The van der Waals surface area contributed by atoms with Crippen LogP contribution in [-0.2, 0) is 14.3 Å². The Bertz CT molecular complexity index is 296. The molecule has 3 atom stereocenters. The SMILES string of the molecule is CCCC[C@H](NC(=O)C1CCC(CN)O1)C(=O)O. The number of carbonyl (C=O) groups excluding carboxylic acids is 1. The summed E-state index contributed by atoms with van der Waals surface area (Å²) in [5.41, 5.74) is 5.46. The van der Waals surface area contributed by atoms with Crippen LogP contribution in [0.2, 0.25) is 0 Å². The van der Waals surface area contributed by atoms with E-state index in [1.807, 2.05) is 6.92 Å². The molecule has 0 spiro atoms. The van der Waals surface area contributed by atoms with Crippen molar-refractivity contribution in [2.45, 2.75) is 57.3 Å². The number of carboxylic acid groups (broad SMARTS) is 1. The zero-order valence-corrected chi connectivity index (χ0v) is 10.7. The minimum absolute atomic E-state index is 0.0836. The summed E-state index contributed by atoms with van der Waals surface area (Å²) in [5, 5.41) is 11.5. The van der Waals surface area contributed by atoms with E-state index in [0.29, 0.717) is 19.4 Å². The van der Waals surface area contributed by atoms with Crippen molar-refractivity contribution in [2.75, 3.05) is 6.54 Å². The fraction of sp³-hybridized carbons (Fsp3) is 0.833. The number of amides is 1. The normalized spacial score (nSPS) is 24.8. The van der Waals surface area contributed by atoms with Crippen LogP contribution in [0.15, 0.2) is 0 Å². The highest BCUT2D eigenvalue weighted by Gasteiger charge is 2.32. The molecule has 1 fully saturated rings. The van der Waals surface area contributed by atoms with Crippen molar-refractivity contribution in [3.05, 3.63) is 0 Å². The summed E-state index contributed by atoms with van der Waals surface area (Å²) in [4.78, 5) is 22.8. The summed E-state index contributed by atoms with van der Waals surface area (Å²) in [6, 6.07) is -0.821. The van der Waals surface area contributed by atoms with Gasteiger partial charge in [0.2, 0.25) is 5.91 Å². The quantitative estimate of drug-likeness (QED) is 0.607. The minimum Gasteiger partial charge on any atom is -0.480 e. The second-order valence-corrected chi connectivity index (χ2v) is 4.60. The first-order valence-electron chi connectivity index (χ1n) is 6.47. The van der Waals surface area contributed by atoms with Gasteiger partial charge in [0.25, 0.3) is 0 Å². The van der Waals surface area contributed by atoms with Crippen molar-refractivity contribution in [1.29, 1.82) is 0 Å². The molecule has 1 rings (SSSR count). The van der Waals surface area contributed by atoms with Crippen LogP contribution in [-0.4, -0.2) is 41.8 Å². The molecule has 1 heterocycles. The third-order valence-corrected chi connectivity index (χ3v) is 3.12. The van der Waals surface area contributed by atoms with Gasteiger partial charge in [-0.1, -0.05) is 19.8 Å². The van der Waals surface area contributed by atoms with Gasteiger partial charge in [-0.3, -0.25) is 4.79 Å². The van der Waals surface area contributed by atoms with Crippen LogP contribution in [0.1, 0.15) is 39.0 Å². The Morgan fingerprint density at radius 3 is 2.72 bits per heavy atom. The van der Waals surface area contributed by atoms with Gasteiger partial charge in [-0.15, -0.1) is 0 Å². The summed E-state index contributed by atoms with van der Waals surface area (Å²) in [7, 11) is 0. The van der Waals surface area contributed by atoms with Crippen molar-refractivity contribution in [1.82, 2.24) is 5.32 Å². The number of rotatable bonds is 7. The van der Waals surface area contributed by atoms with Crippen molar-refractivity contribution in [2.24, 2.45) is 5.73 Å². The number of hydrogen-bond acceptors (Lipinski definition) is 4. The number of ether oxygens (including phenoxy) is 1. The Kier molecular flexibility index (Phi) is 6.07.